The molecule has 0 spiro atoms. The maximum absolute atomic E-state index is 11.1. The number of guanidine groups is 1. The highest BCUT2D eigenvalue weighted by Gasteiger charge is 2.20. The molecule has 0 aromatic rings. The van der Waals surface area contributed by atoms with E-state index in [2.05, 4.69) is 22.2 Å². The molecule has 0 saturated heterocycles. The van der Waals surface area contributed by atoms with Gasteiger partial charge in [-0.1, -0.05) is 19.9 Å². The van der Waals surface area contributed by atoms with Crippen LogP contribution in [-0.4, -0.2) is 46.5 Å². The zero-order valence-corrected chi connectivity index (χ0v) is 15.3. The number of rotatable bonds is 7. The average molecular weight is 403 g/mol. The van der Waals surface area contributed by atoms with Crippen LogP contribution in [0.15, 0.2) is 17.6 Å². The molecule has 0 aliphatic carbocycles. The van der Waals surface area contributed by atoms with Crippen molar-refractivity contribution < 1.29 is 8.42 Å². The van der Waals surface area contributed by atoms with Crippen LogP contribution in [0.3, 0.4) is 0 Å². The zero-order chi connectivity index (χ0) is 14.2. The minimum absolute atomic E-state index is 0. The number of hydrogen-bond acceptors (Lipinski definition) is 3. The summed E-state index contributed by atoms with van der Waals surface area (Å²) in [6, 6.07) is 0. The third-order valence-corrected chi connectivity index (χ3v) is 3.47. The largest absolute Gasteiger partial charge is 0.356 e. The molecule has 0 unspecified atom stereocenters. The maximum Gasteiger partial charge on any atom is 0.191 e. The van der Waals surface area contributed by atoms with Crippen LogP contribution in [0.2, 0.25) is 0 Å². The molecule has 0 fully saturated rings. The first-order valence-corrected chi connectivity index (χ1v) is 7.99. The Morgan fingerprint density at radius 1 is 1.37 bits per heavy atom. The van der Waals surface area contributed by atoms with E-state index in [1.54, 1.807) is 13.1 Å². The van der Waals surface area contributed by atoms with Crippen molar-refractivity contribution in [3.05, 3.63) is 12.7 Å². The van der Waals surface area contributed by atoms with Gasteiger partial charge in [0.2, 0.25) is 0 Å². The minimum Gasteiger partial charge on any atom is -0.356 e. The lowest BCUT2D eigenvalue weighted by Crippen LogP contribution is -2.42. The van der Waals surface area contributed by atoms with Crippen molar-refractivity contribution in [1.82, 2.24) is 10.6 Å². The summed E-state index contributed by atoms with van der Waals surface area (Å²) in [5, 5.41) is 6.24. The maximum atomic E-state index is 11.1. The Balaban J connectivity index is 0. The summed E-state index contributed by atoms with van der Waals surface area (Å²) >= 11 is 0. The van der Waals surface area contributed by atoms with Crippen molar-refractivity contribution >= 4 is 39.8 Å². The Labute approximate surface area is 134 Å². The predicted octanol–water partition coefficient (Wildman–Crippen LogP) is 1.42. The molecule has 0 aliphatic heterocycles. The summed E-state index contributed by atoms with van der Waals surface area (Å²) < 4.78 is 22.3. The lowest BCUT2D eigenvalue weighted by Gasteiger charge is -2.25. The van der Waals surface area contributed by atoms with Gasteiger partial charge in [-0.2, -0.15) is 0 Å². The van der Waals surface area contributed by atoms with Crippen LogP contribution < -0.4 is 10.6 Å². The van der Waals surface area contributed by atoms with Crippen molar-refractivity contribution in [3.8, 4) is 0 Å². The van der Waals surface area contributed by atoms with E-state index in [-0.39, 0.29) is 35.1 Å². The van der Waals surface area contributed by atoms with Crippen LogP contribution in [0.1, 0.15) is 20.3 Å². The fourth-order valence-corrected chi connectivity index (χ4v) is 2.19. The van der Waals surface area contributed by atoms with E-state index in [1.807, 2.05) is 13.8 Å². The van der Waals surface area contributed by atoms with Gasteiger partial charge in [-0.3, -0.25) is 4.99 Å². The molecule has 7 heteroatoms. The third-order valence-electron chi connectivity index (χ3n) is 2.52. The van der Waals surface area contributed by atoms with Gasteiger partial charge in [0.1, 0.15) is 9.84 Å². The van der Waals surface area contributed by atoms with E-state index in [9.17, 15) is 8.42 Å². The lowest BCUT2D eigenvalue weighted by molar-refractivity contribution is 0.348. The van der Waals surface area contributed by atoms with Crippen LogP contribution >= 0.6 is 24.0 Å². The zero-order valence-electron chi connectivity index (χ0n) is 12.2. The number of nitrogens with one attached hydrogen (secondary N) is 2. The molecular formula is C12H26IN3O2S. The smallest absolute Gasteiger partial charge is 0.191 e. The van der Waals surface area contributed by atoms with Gasteiger partial charge in [-0.25, -0.2) is 8.42 Å². The van der Waals surface area contributed by atoms with Crippen LogP contribution in [0.25, 0.3) is 0 Å². The number of halogens is 1. The molecule has 0 radical (unpaired) electrons. The summed E-state index contributed by atoms with van der Waals surface area (Å²) in [7, 11) is -1.21. The van der Waals surface area contributed by atoms with Crippen LogP contribution in [0.4, 0.5) is 0 Å². The Morgan fingerprint density at radius 3 is 2.37 bits per heavy atom. The summed E-state index contributed by atoms with van der Waals surface area (Å²) in [6.45, 7) is 9.00. The second kappa shape index (κ2) is 9.57. The van der Waals surface area contributed by atoms with Gasteiger partial charge >= 0.3 is 0 Å². The van der Waals surface area contributed by atoms with Gasteiger partial charge in [0.15, 0.2) is 5.96 Å². The van der Waals surface area contributed by atoms with Gasteiger partial charge in [-0.15, -0.1) is 30.6 Å². The molecule has 0 aromatic carbocycles. The lowest BCUT2D eigenvalue weighted by atomic mass is 9.90. The first kappa shape index (κ1) is 21.0. The highest BCUT2D eigenvalue weighted by atomic mass is 127. The van der Waals surface area contributed by atoms with Gasteiger partial charge in [0.25, 0.3) is 0 Å². The van der Waals surface area contributed by atoms with E-state index in [4.69, 9.17) is 0 Å². The predicted molar refractivity (Wildman–Crippen MR) is 93.1 cm³/mol. The topological polar surface area (TPSA) is 70.6 Å². The van der Waals surface area contributed by atoms with Crippen molar-refractivity contribution in [2.45, 2.75) is 20.3 Å². The summed E-state index contributed by atoms with van der Waals surface area (Å²) in [4.78, 5) is 4.07. The van der Waals surface area contributed by atoms with E-state index < -0.39 is 9.84 Å². The fraction of sp³-hybridized carbons (Fsp3) is 0.750. The van der Waals surface area contributed by atoms with E-state index in [0.717, 1.165) is 0 Å². The van der Waals surface area contributed by atoms with Crippen molar-refractivity contribution in [1.29, 1.82) is 0 Å². The second-order valence-corrected chi connectivity index (χ2v) is 7.40. The molecule has 19 heavy (non-hydrogen) atoms. The van der Waals surface area contributed by atoms with E-state index in [1.165, 1.54) is 6.26 Å². The van der Waals surface area contributed by atoms with Gasteiger partial charge < -0.3 is 10.6 Å². The first-order chi connectivity index (χ1) is 8.20. The molecule has 0 atom stereocenters. The molecule has 0 rings (SSSR count). The molecule has 5 nitrogen and oxygen atoms in total. The van der Waals surface area contributed by atoms with E-state index >= 15 is 0 Å². The molecule has 0 heterocycles. The molecule has 0 saturated carbocycles. The van der Waals surface area contributed by atoms with Gasteiger partial charge in [0, 0.05) is 26.4 Å². The third kappa shape index (κ3) is 12.5. The SMILES string of the molecule is C=CCNC(=NC)NCC(C)(C)CCS(C)(=O)=O.I. The standard InChI is InChI=1S/C12H25N3O2S.HI/c1-6-8-14-11(13-4)15-10-12(2,3)7-9-18(5,16)17;/h6H,1,7-10H2,2-5H3,(H2,13,14,15);1H. The Hall–Kier alpha value is -0.310. The molecular weight excluding hydrogens is 377 g/mol. The number of hydrogen-bond donors (Lipinski definition) is 2. The number of sulfone groups is 1. The van der Waals surface area contributed by atoms with Crippen molar-refractivity contribution in [2.75, 3.05) is 32.1 Å². The van der Waals surface area contributed by atoms with E-state index in [0.29, 0.717) is 25.5 Å². The quantitative estimate of drug-likeness (QED) is 0.292. The number of nitrogens with zero attached hydrogens (tertiary/aromatic N) is 1. The Bertz CT molecular complexity index is 392. The minimum atomic E-state index is -2.90. The fourth-order valence-electron chi connectivity index (χ4n) is 1.26. The average Bonchev–Trinajstić information content (AvgIpc) is 2.26. The molecule has 0 amide bonds. The molecule has 114 valence electrons. The highest BCUT2D eigenvalue weighted by Crippen LogP contribution is 2.19. The molecule has 0 bridgehead atoms. The normalized spacial score (nSPS) is 12.5. The first-order valence-electron chi connectivity index (χ1n) is 5.93. The molecule has 2 N–H and O–H groups in total. The van der Waals surface area contributed by atoms with Crippen molar-refractivity contribution in [2.24, 2.45) is 10.4 Å². The summed E-state index contributed by atoms with van der Waals surface area (Å²) in [6.07, 6.45) is 3.64. The number of aliphatic imine (C=N–C) groups is 1. The van der Waals surface area contributed by atoms with Crippen LogP contribution in [-0.2, 0) is 9.84 Å². The Kier molecular flexibility index (Phi) is 10.6. The van der Waals surface area contributed by atoms with Crippen molar-refractivity contribution in [3.63, 3.8) is 0 Å². The summed E-state index contributed by atoms with van der Waals surface area (Å²) in [5.74, 6) is 0.905. The van der Waals surface area contributed by atoms with Crippen LogP contribution in [0.5, 0.6) is 0 Å². The Morgan fingerprint density at radius 2 is 1.95 bits per heavy atom. The second-order valence-electron chi connectivity index (χ2n) is 5.14. The molecule has 0 aromatic heterocycles. The van der Waals surface area contributed by atoms with Gasteiger partial charge in [0.05, 0.1) is 5.75 Å². The summed E-state index contributed by atoms with van der Waals surface area (Å²) in [5.41, 5.74) is -0.102. The van der Waals surface area contributed by atoms with Crippen LogP contribution in [0, 0.1) is 5.41 Å². The highest BCUT2D eigenvalue weighted by molar-refractivity contribution is 14.0. The molecule has 0 aliphatic rings. The van der Waals surface area contributed by atoms with Gasteiger partial charge in [-0.05, 0) is 11.8 Å². The monoisotopic (exact) mass is 403 g/mol.